The van der Waals surface area contributed by atoms with Crippen molar-refractivity contribution in [3.63, 3.8) is 0 Å². The molecule has 90 heavy (non-hydrogen) atoms. The van der Waals surface area contributed by atoms with Gasteiger partial charge in [-0.25, -0.2) is 14.5 Å². The van der Waals surface area contributed by atoms with Gasteiger partial charge in [-0.15, -0.1) is 0 Å². The highest BCUT2D eigenvalue weighted by Gasteiger charge is 2.30. The number of rotatable bonds is 21. The highest BCUT2D eigenvalue weighted by Crippen LogP contribution is 2.42. The lowest BCUT2D eigenvalue weighted by Gasteiger charge is -2.13. The number of hydrogen-bond acceptors (Lipinski definition) is 15. The normalized spacial score (nSPS) is 22.8. The minimum absolute atomic E-state index is 0.0701. The van der Waals surface area contributed by atoms with Crippen molar-refractivity contribution < 1.29 is 51.1 Å². The summed E-state index contributed by atoms with van der Waals surface area (Å²) in [4.78, 5) is 23.9. The van der Waals surface area contributed by atoms with E-state index in [0.717, 1.165) is 6.92 Å². The summed E-state index contributed by atoms with van der Waals surface area (Å²) >= 11 is 0. The molecule has 0 saturated heterocycles. The van der Waals surface area contributed by atoms with Gasteiger partial charge in [-0.1, -0.05) is 90.8 Å². The Hall–Kier alpha value is -9.51. The molecule has 18 nitrogen and oxygen atoms in total. The van der Waals surface area contributed by atoms with E-state index in [1.54, 1.807) is 110 Å². The summed E-state index contributed by atoms with van der Waals surface area (Å²) in [7, 11) is 0. The SMILES string of the molecule is [2H]C([2H])(C)CN[C@@]1([2H])CC([2H])([2H])c2c(-c3noc(-c4ccc(OC(C)C)c([N+]#[C-])c4)n3)cccc21.[2H]C([2H])(CC)N[C@@]1([2H])CC([2H])([2H])c2c(-c3noc(-c4ccc(OC(C)C)c([N+]#[C-])c4)n3)cccc21.[2H]C1([2H])C[C@]([2H])(NC([2H])([2H])C([2H])([2H])C)c2cccc(-c3noc(-c4ccc(OC(C)C)c([N+]#[C-])c4)n3)c21. The van der Waals surface area contributed by atoms with Gasteiger partial charge in [0.25, 0.3) is 17.7 Å². The maximum atomic E-state index is 8.90. The summed E-state index contributed by atoms with van der Waals surface area (Å²) in [6, 6.07) is 24.5. The average molecular weight is 1220 g/mol. The van der Waals surface area contributed by atoms with Gasteiger partial charge in [0.15, 0.2) is 0 Å². The summed E-state index contributed by atoms with van der Waals surface area (Å²) in [5.41, 5.74) is 5.05. The molecule has 3 atom stereocenters. The fourth-order valence-corrected chi connectivity index (χ4v) is 9.89. The van der Waals surface area contributed by atoms with E-state index in [1.165, 1.54) is 13.0 Å². The van der Waals surface area contributed by atoms with E-state index in [4.69, 9.17) is 70.8 Å². The second-order valence-electron chi connectivity index (χ2n) is 21.2. The van der Waals surface area contributed by atoms with Crippen molar-refractivity contribution in [1.82, 2.24) is 46.4 Å². The number of nitrogens with zero attached hydrogens (tertiary/aromatic N) is 9. The summed E-state index contributed by atoms with van der Waals surface area (Å²) in [6.07, 6.45) is -10.8. The summed E-state index contributed by atoms with van der Waals surface area (Å²) in [5, 5.41) is 20.1. The zero-order valence-corrected chi connectivity index (χ0v) is 51.1. The van der Waals surface area contributed by atoms with Crippen molar-refractivity contribution in [3.05, 3.63) is 177 Å². The van der Waals surface area contributed by atoms with Crippen LogP contribution >= 0.6 is 0 Å². The topological polar surface area (TPSA) is 194 Å². The van der Waals surface area contributed by atoms with E-state index in [-0.39, 0.29) is 113 Å². The minimum atomic E-state index is -2.60. The maximum absolute atomic E-state index is 8.90. The third-order valence-corrected chi connectivity index (χ3v) is 13.8. The fourth-order valence-electron chi connectivity index (χ4n) is 9.89. The van der Waals surface area contributed by atoms with E-state index in [0.29, 0.717) is 67.6 Å². The number of nitrogens with one attached hydrogen (secondary N) is 3. The van der Waals surface area contributed by atoms with Crippen molar-refractivity contribution in [3.8, 4) is 85.8 Å². The molecule has 18 heteroatoms. The second-order valence-corrected chi connectivity index (χ2v) is 21.2. The van der Waals surface area contributed by atoms with Crippen LogP contribution in [0.1, 0.15) is 175 Å². The van der Waals surface area contributed by atoms with Gasteiger partial charge in [0.1, 0.15) is 17.2 Å². The Bertz CT molecular complexity index is 4940. The lowest BCUT2D eigenvalue weighted by atomic mass is 10.0. The molecule has 3 heterocycles. The molecule has 3 N–H and O–H groups in total. The van der Waals surface area contributed by atoms with Crippen molar-refractivity contribution >= 4 is 17.1 Å². The molecule has 0 saturated carbocycles. The van der Waals surface area contributed by atoms with E-state index in [9.17, 15) is 0 Å². The lowest BCUT2D eigenvalue weighted by molar-refractivity contribution is 0.244. The largest absolute Gasteiger partial charge is 0.502 e. The van der Waals surface area contributed by atoms with Gasteiger partial charge in [0, 0.05) is 70.6 Å². The maximum Gasteiger partial charge on any atom is 0.256 e. The molecule has 12 rings (SSSR count). The fraction of sp³-hybridized carbons (Fsp3) is 0.375. The van der Waals surface area contributed by atoms with Crippen molar-refractivity contribution in [1.29, 1.82) is 0 Å². The quantitative estimate of drug-likeness (QED) is 0.0575. The molecule has 0 aliphatic heterocycles. The van der Waals surface area contributed by atoms with Gasteiger partial charge in [0.05, 0.1) is 42.1 Å². The Morgan fingerprint density at radius 3 is 1.16 bits per heavy atom. The Kier molecular flexibility index (Phi) is 14.8. The molecule has 3 aromatic heterocycles. The second kappa shape index (κ2) is 29.7. The van der Waals surface area contributed by atoms with Gasteiger partial charge >= 0.3 is 0 Å². The van der Waals surface area contributed by atoms with Crippen LogP contribution in [0.15, 0.2) is 123 Å². The highest BCUT2D eigenvalue weighted by atomic mass is 16.5. The van der Waals surface area contributed by atoms with Crippen molar-refractivity contribution in [2.75, 3.05) is 19.5 Å². The van der Waals surface area contributed by atoms with E-state index >= 15 is 0 Å². The average Bonchev–Trinajstić information content (AvgIpc) is 1.58. The van der Waals surface area contributed by atoms with Crippen LogP contribution in [0.25, 0.3) is 83.1 Å². The van der Waals surface area contributed by atoms with Gasteiger partial charge in [-0.3, -0.25) is 0 Å². The first-order chi connectivity index (χ1) is 49.8. The Morgan fingerprint density at radius 1 is 0.500 bits per heavy atom. The number of hydrogen-bond donors (Lipinski definition) is 3. The Morgan fingerprint density at radius 2 is 0.844 bits per heavy atom. The molecule has 0 unspecified atom stereocenters. The number of ether oxygens (including phenoxy) is 3. The number of benzene rings is 6. The first-order valence-electron chi connectivity index (χ1n) is 37.6. The van der Waals surface area contributed by atoms with Crippen molar-refractivity contribution in [2.45, 2.75) is 156 Å². The molecule has 3 aliphatic rings. The molecular formula is C72H78N12O6. The van der Waals surface area contributed by atoms with Crippen LogP contribution in [-0.2, 0) is 19.1 Å². The van der Waals surface area contributed by atoms with Gasteiger partial charge in [-0.05, 0) is 207 Å². The van der Waals surface area contributed by atoms with Crippen LogP contribution in [0.2, 0.25) is 0 Å². The zero-order valence-electron chi connectivity index (χ0n) is 68.1. The zero-order chi connectivity index (χ0) is 78.6. The lowest BCUT2D eigenvalue weighted by Crippen LogP contribution is -2.19. The molecule has 0 fully saturated rings. The molecule has 0 amide bonds. The van der Waals surface area contributed by atoms with E-state index in [1.807, 2.05) is 41.5 Å². The summed E-state index contributed by atoms with van der Waals surface area (Å²) in [6.45, 7) is 33.2. The molecule has 0 spiro atoms. The molecule has 9 aromatic rings. The van der Waals surface area contributed by atoms with Gasteiger partial charge in [-0.2, -0.15) is 15.0 Å². The van der Waals surface area contributed by atoms with Crippen LogP contribution in [0.3, 0.4) is 0 Å². The molecule has 0 radical (unpaired) electrons. The van der Waals surface area contributed by atoms with Crippen LogP contribution in [0, 0.1) is 19.7 Å². The van der Waals surface area contributed by atoms with Crippen LogP contribution in [0.4, 0.5) is 17.1 Å². The van der Waals surface area contributed by atoms with E-state index in [2.05, 4.69) is 60.9 Å². The predicted molar refractivity (Wildman–Crippen MR) is 350 cm³/mol. The monoisotopic (exact) mass is 1220 g/mol. The number of fused-ring (bicyclic) bond motifs is 3. The highest BCUT2D eigenvalue weighted by molar-refractivity contribution is 5.74. The standard InChI is InChI=1S/3C24H26N4O2/c3*1-5-13-26-20-11-10-17-18(20)7-6-8-19(17)23-27-24(30-28-23)16-9-12-22(29-15(2)3)21(14-16)25-4/h3*6-9,12,14-15,20,26H,5,10-11,13H2,1-3H3/t3*20-/m000/s1/i5D2,10D2,13D2,20D;10D2,13D2,20D;5D2,10D2,20D. The Labute approximate surface area is 551 Å². The van der Waals surface area contributed by atoms with Crippen molar-refractivity contribution in [2.24, 2.45) is 0 Å². The smallest absolute Gasteiger partial charge is 0.256 e. The van der Waals surface area contributed by atoms with Crippen LogP contribution < -0.4 is 30.2 Å². The summed E-state index contributed by atoms with van der Waals surface area (Å²) in [5.74, 6) is 2.18. The third kappa shape index (κ3) is 14.6. The van der Waals surface area contributed by atoms with Crippen LogP contribution in [-0.4, -0.2) is 68.3 Å². The number of aromatic nitrogens is 6. The van der Waals surface area contributed by atoms with E-state index < -0.39 is 69.3 Å². The third-order valence-electron chi connectivity index (χ3n) is 13.8. The molecule has 0 bridgehead atoms. The van der Waals surface area contributed by atoms with Gasteiger partial charge in [0.2, 0.25) is 34.5 Å². The Balaban J connectivity index is 0.000000172. The molecular weight excluding hydrogens is 1130 g/mol. The summed E-state index contributed by atoms with van der Waals surface area (Å²) < 4.78 is 175. The minimum Gasteiger partial charge on any atom is -0.502 e. The first-order valence-corrected chi connectivity index (χ1v) is 29.1. The molecule has 3 aliphatic carbocycles. The van der Waals surface area contributed by atoms with Gasteiger partial charge < -0.3 is 43.7 Å². The molecule has 6 aromatic carbocycles. The van der Waals surface area contributed by atoms with Crippen LogP contribution in [0.5, 0.6) is 17.2 Å². The predicted octanol–water partition coefficient (Wildman–Crippen LogP) is 17.2. The first kappa shape index (κ1) is 44.8. The molecule has 462 valence electrons.